The van der Waals surface area contributed by atoms with Crippen molar-refractivity contribution >= 4 is 23.3 Å². The fourth-order valence-electron chi connectivity index (χ4n) is 2.54. The van der Waals surface area contributed by atoms with Crippen LogP contribution in [0.15, 0.2) is 29.3 Å². The SMILES string of the molecule is COc1cc(C(C)=O)ccc1OCC(O)CSc1nc(C)c(C(C)=O)cc1C#N. The molecule has 1 unspecified atom stereocenters. The van der Waals surface area contributed by atoms with Gasteiger partial charge in [-0.15, -0.1) is 11.8 Å². The van der Waals surface area contributed by atoms with Gasteiger partial charge in [0.05, 0.1) is 18.8 Å². The van der Waals surface area contributed by atoms with Crippen molar-refractivity contribution in [3.8, 4) is 17.6 Å². The Bertz CT molecular complexity index is 968. The van der Waals surface area contributed by atoms with Crippen LogP contribution < -0.4 is 9.47 Å². The summed E-state index contributed by atoms with van der Waals surface area (Å²) in [5.74, 6) is 0.828. The third-order valence-corrected chi connectivity index (χ3v) is 5.23. The second-order valence-electron chi connectivity index (χ2n) is 6.34. The Morgan fingerprint density at radius 1 is 1.24 bits per heavy atom. The standard InChI is InChI=1S/C21H22N2O5S/c1-12-18(14(3)25)7-16(9-22)21(23-12)29-11-17(26)10-28-19-6-5-15(13(2)24)8-20(19)27-4/h5-8,17,26H,10-11H2,1-4H3. The number of nitrogens with zero attached hydrogens (tertiary/aromatic N) is 2. The topological polar surface area (TPSA) is 110 Å². The molecule has 0 fully saturated rings. The van der Waals surface area contributed by atoms with Gasteiger partial charge < -0.3 is 14.6 Å². The number of hydrogen-bond donors (Lipinski definition) is 1. The van der Waals surface area contributed by atoms with Gasteiger partial charge in [0.1, 0.15) is 17.7 Å². The molecule has 0 radical (unpaired) electrons. The lowest BCUT2D eigenvalue weighted by atomic mass is 10.1. The van der Waals surface area contributed by atoms with Crippen molar-refractivity contribution in [1.29, 1.82) is 5.26 Å². The molecule has 8 heteroatoms. The fraction of sp³-hybridized carbons (Fsp3) is 0.333. The van der Waals surface area contributed by atoms with E-state index in [1.165, 1.54) is 38.8 Å². The van der Waals surface area contributed by atoms with Gasteiger partial charge in [0.25, 0.3) is 0 Å². The predicted molar refractivity (Wildman–Crippen MR) is 109 cm³/mol. The van der Waals surface area contributed by atoms with Crippen molar-refractivity contribution in [3.05, 3.63) is 46.6 Å². The summed E-state index contributed by atoms with van der Waals surface area (Å²) in [7, 11) is 1.47. The fourth-order valence-corrected chi connectivity index (χ4v) is 3.45. The van der Waals surface area contributed by atoms with Crippen LogP contribution >= 0.6 is 11.8 Å². The minimum atomic E-state index is -0.835. The molecule has 29 heavy (non-hydrogen) atoms. The van der Waals surface area contributed by atoms with E-state index in [1.807, 2.05) is 6.07 Å². The molecule has 0 saturated heterocycles. The van der Waals surface area contributed by atoms with Gasteiger partial charge >= 0.3 is 0 Å². The minimum Gasteiger partial charge on any atom is -0.493 e. The number of aliphatic hydroxyl groups is 1. The highest BCUT2D eigenvalue weighted by atomic mass is 32.2. The zero-order valence-electron chi connectivity index (χ0n) is 16.7. The molecule has 0 aliphatic carbocycles. The van der Waals surface area contributed by atoms with E-state index in [0.29, 0.717) is 38.9 Å². The Hall–Kier alpha value is -2.89. The highest BCUT2D eigenvalue weighted by Gasteiger charge is 2.16. The van der Waals surface area contributed by atoms with Gasteiger partial charge in [-0.25, -0.2) is 4.98 Å². The van der Waals surface area contributed by atoms with Crippen LogP contribution in [-0.4, -0.2) is 47.2 Å². The Kier molecular flexibility index (Phi) is 7.76. The first kappa shape index (κ1) is 22.4. The molecule has 0 aliphatic rings. The number of thioether (sulfide) groups is 1. The summed E-state index contributed by atoms with van der Waals surface area (Å²) in [5, 5.41) is 20.0. The van der Waals surface area contributed by atoms with E-state index in [2.05, 4.69) is 4.98 Å². The van der Waals surface area contributed by atoms with Crippen LogP contribution in [0.4, 0.5) is 0 Å². The summed E-state index contributed by atoms with van der Waals surface area (Å²) < 4.78 is 10.8. The molecule has 152 valence electrons. The molecule has 0 amide bonds. The third kappa shape index (κ3) is 5.79. The average Bonchev–Trinajstić information content (AvgIpc) is 2.70. The van der Waals surface area contributed by atoms with Crippen LogP contribution in [0.3, 0.4) is 0 Å². The first-order chi connectivity index (χ1) is 13.8. The number of benzene rings is 1. The number of pyridine rings is 1. The number of ketones is 2. The van der Waals surface area contributed by atoms with E-state index in [0.717, 1.165) is 0 Å². The van der Waals surface area contributed by atoms with Crippen molar-refractivity contribution in [2.75, 3.05) is 19.5 Å². The Morgan fingerprint density at radius 3 is 2.55 bits per heavy atom. The van der Waals surface area contributed by atoms with Crippen molar-refractivity contribution in [2.24, 2.45) is 0 Å². The van der Waals surface area contributed by atoms with Gasteiger partial charge in [0.2, 0.25) is 0 Å². The molecule has 0 saturated carbocycles. The summed E-state index contributed by atoms with van der Waals surface area (Å²) in [4.78, 5) is 27.4. The first-order valence-corrected chi connectivity index (χ1v) is 9.80. The predicted octanol–water partition coefficient (Wildman–Crippen LogP) is 3.21. The van der Waals surface area contributed by atoms with Crippen LogP contribution in [0.5, 0.6) is 11.5 Å². The number of carbonyl (C=O) groups is 2. The molecule has 0 spiro atoms. The largest absolute Gasteiger partial charge is 0.493 e. The lowest BCUT2D eigenvalue weighted by molar-refractivity contribution is 0.100. The van der Waals surface area contributed by atoms with Crippen molar-refractivity contribution < 1.29 is 24.2 Å². The van der Waals surface area contributed by atoms with Crippen molar-refractivity contribution in [1.82, 2.24) is 4.98 Å². The maximum absolute atomic E-state index is 11.6. The van der Waals surface area contributed by atoms with E-state index >= 15 is 0 Å². The molecule has 2 rings (SSSR count). The number of ether oxygens (including phenoxy) is 2. The molecule has 1 aromatic carbocycles. The van der Waals surface area contributed by atoms with E-state index in [-0.39, 0.29) is 23.9 Å². The van der Waals surface area contributed by atoms with Gasteiger partial charge in [0, 0.05) is 22.6 Å². The Labute approximate surface area is 173 Å². The van der Waals surface area contributed by atoms with Gasteiger partial charge in [-0.3, -0.25) is 9.59 Å². The number of methoxy groups -OCH3 is 1. The third-order valence-electron chi connectivity index (χ3n) is 4.09. The summed E-state index contributed by atoms with van der Waals surface area (Å²) in [6.07, 6.45) is -0.835. The first-order valence-electron chi connectivity index (χ1n) is 8.82. The number of aryl methyl sites for hydroxylation is 1. The van der Waals surface area contributed by atoms with E-state index < -0.39 is 6.10 Å². The quantitative estimate of drug-likeness (QED) is 0.492. The molecule has 1 atom stereocenters. The monoisotopic (exact) mass is 414 g/mol. The molecular formula is C21H22N2O5S. The van der Waals surface area contributed by atoms with Crippen LogP contribution in [0.25, 0.3) is 0 Å². The van der Waals surface area contributed by atoms with Crippen LogP contribution in [0.2, 0.25) is 0 Å². The van der Waals surface area contributed by atoms with Crippen molar-refractivity contribution in [2.45, 2.75) is 31.9 Å². The highest BCUT2D eigenvalue weighted by molar-refractivity contribution is 7.99. The summed E-state index contributed by atoms with van der Waals surface area (Å²) in [6, 6.07) is 8.39. The number of carbonyl (C=O) groups excluding carboxylic acids is 2. The zero-order chi connectivity index (χ0) is 21.6. The summed E-state index contributed by atoms with van der Waals surface area (Å²) in [5.41, 5.74) is 1.75. The summed E-state index contributed by atoms with van der Waals surface area (Å²) >= 11 is 1.21. The number of nitriles is 1. The van der Waals surface area contributed by atoms with Crippen LogP contribution in [-0.2, 0) is 0 Å². The maximum Gasteiger partial charge on any atom is 0.161 e. The van der Waals surface area contributed by atoms with E-state index in [9.17, 15) is 20.0 Å². The van der Waals surface area contributed by atoms with Gasteiger partial charge in [-0.05, 0) is 45.0 Å². The smallest absolute Gasteiger partial charge is 0.161 e. The molecule has 1 aromatic heterocycles. The zero-order valence-corrected chi connectivity index (χ0v) is 17.5. The van der Waals surface area contributed by atoms with E-state index in [4.69, 9.17) is 9.47 Å². The summed E-state index contributed by atoms with van der Waals surface area (Å²) in [6.45, 7) is 4.59. The molecule has 7 nitrogen and oxygen atoms in total. The second kappa shape index (κ2) is 10.0. The molecule has 1 N–H and O–H groups in total. The number of rotatable bonds is 9. The highest BCUT2D eigenvalue weighted by Crippen LogP contribution is 2.29. The number of aromatic nitrogens is 1. The number of hydrogen-bond acceptors (Lipinski definition) is 8. The van der Waals surface area contributed by atoms with Gasteiger partial charge in [-0.2, -0.15) is 5.26 Å². The second-order valence-corrected chi connectivity index (χ2v) is 7.35. The Morgan fingerprint density at radius 2 is 1.97 bits per heavy atom. The van der Waals surface area contributed by atoms with Crippen molar-refractivity contribution in [3.63, 3.8) is 0 Å². The molecular weight excluding hydrogens is 392 g/mol. The number of aliphatic hydroxyl groups excluding tert-OH is 1. The molecule has 0 bridgehead atoms. The molecule has 0 aliphatic heterocycles. The normalized spacial score (nSPS) is 11.4. The van der Waals surface area contributed by atoms with E-state index in [1.54, 1.807) is 25.1 Å². The lowest BCUT2D eigenvalue weighted by Gasteiger charge is -2.15. The number of Topliss-reactive ketones (excluding diaryl/α,β-unsaturated/α-hetero) is 2. The van der Waals surface area contributed by atoms with Gasteiger partial charge in [-0.1, -0.05) is 0 Å². The maximum atomic E-state index is 11.6. The average molecular weight is 414 g/mol. The minimum absolute atomic E-state index is 0.00479. The molecule has 2 aromatic rings. The Balaban J connectivity index is 2.01. The molecule has 1 heterocycles. The van der Waals surface area contributed by atoms with Crippen LogP contribution in [0.1, 0.15) is 45.8 Å². The lowest BCUT2D eigenvalue weighted by Crippen LogP contribution is -2.20. The van der Waals surface area contributed by atoms with Crippen LogP contribution in [0, 0.1) is 18.3 Å². The van der Waals surface area contributed by atoms with Gasteiger partial charge in [0.15, 0.2) is 23.1 Å².